The predicted molar refractivity (Wildman–Crippen MR) is 109 cm³/mol. The van der Waals surface area contributed by atoms with E-state index in [1.54, 1.807) is 12.2 Å². The SMILES string of the molecule is CC(=O)OC1CC2(C)C(CC(C)C2(O)C(=O)CO)C2CCC3=CC(=O)C=CC3(C)C12. The highest BCUT2D eigenvalue weighted by atomic mass is 16.5. The summed E-state index contributed by atoms with van der Waals surface area (Å²) in [6.07, 6.45) is 7.44. The molecule has 4 aliphatic carbocycles. The summed E-state index contributed by atoms with van der Waals surface area (Å²) in [5.41, 5.74) is -1.77. The topological polar surface area (TPSA) is 101 Å². The lowest BCUT2D eigenvalue weighted by Gasteiger charge is -2.60. The Morgan fingerprint density at radius 2 is 2.00 bits per heavy atom. The lowest BCUT2D eigenvalue weighted by atomic mass is 9.46. The molecule has 2 N–H and O–H groups in total. The third kappa shape index (κ3) is 2.65. The van der Waals surface area contributed by atoms with Crippen molar-refractivity contribution >= 4 is 17.5 Å². The van der Waals surface area contributed by atoms with Gasteiger partial charge in [0, 0.05) is 23.7 Å². The van der Waals surface area contributed by atoms with E-state index in [2.05, 4.69) is 6.92 Å². The van der Waals surface area contributed by atoms with Crippen LogP contribution in [0.5, 0.6) is 0 Å². The Morgan fingerprint density at radius 1 is 1.30 bits per heavy atom. The standard InChI is InChI=1S/C24H32O6/c1-13-9-18-17-6-5-15-10-16(27)7-8-22(15,3)21(17)19(30-14(2)26)11-23(18,4)24(13,29)20(28)12-25/h7-8,10,13,17-19,21,25,29H,5-6,9,11-12H2,1-4H3. The fourth-order valence-electron chi connectivity index (χ4n) is 7.66. The fourth-order valence-corrected chi connectivity index (χ4v) is 7.66. The molecule has 0 aromatic carbocycles. The van der Waals surface area contributed by atoms with Gasteiger partial charge in [0.25, 0.3) is 0 Å². The van der Waals surface area contributed by atoms with E-state index in [4.69, 9.17) is 4.74 Å². The highest BCUT2D eigenvalue weighted by Gasteiger charge is 2.71. The zero-order chi connectivity index (χ0) is 22.1. The molecule has 6 heteroatoms. The molecule has 0 saturated heterocycles. The summed E-state index contributed by atoms with van der Waals surface area (Å²) in [5.74, 6) is -1.07. The highest BCUT2D eigenvalue weighted by Crippen LogP contribution is 2.68. The van der Waals surface area contributed by atoms with Crippen molar-refractivity contribution in [2.24, 2.45) is 34.5 Å². The minimum absolute atomic E-state index is 0.0111. The number of ether oxygens (including phenoxy) is 1. The summed E-state index contributed by atoms with van der Waals surface area (Å²) in [6, 6.07) is 0. The van der Waals surface area contributed by atoms with E-state index in [-0.39, 0.29) is 35.4 Å². The van der Waals surface area contributed by atoms with E-state index in [9.17, 15) is 24.6 Å². The van der Waals surface area contributed by atoms with Gasteiger partial charge in [0.15, 0.2) is 11.6 Å². The van der Waals surface area contributed by atoms with Gasteiger partial charge in [-0.3, -0.25) is 14.4 Å². The number of allylic oxidation sites excluding steroid dienone is 4. The molecule has 4 aliphatic rings. The molecule has 0 heterocycles. The number of fused-ring (bicyclic) bond motifs is 5. The minimum Gasteiger partial charge on any atom is -0.462 e. The molecule has 0 aromatic heterocycles. The number of Topliss-reactive ketones (excluding diaryl/α,β-unsaturated/α-hetero) is 1. The number of aliphatic hydroxyl groups excluding tert-OH is 1. The summed E-state index contributed by atoms with van der Waals surface area (Å²) >= 11 is 0. The molecule has 6 nitrogen and oxygen atoms in total. The van der Waals surface area contributed by atoms with Crippen LogP contribution in [0.4, 0.5) is 0 Å². The Morgan fingerprint density at radius 3 is 2.63 bits per heavy atom. The molecule has 30 heavy (non-hydrogen) atoms. The van der Waals surface area contributed by atoms with Gasteiger partial charge >= 0.3 is 5.97 Å². The van der Waals surface area contributed by atoms with Gasteiger partial charge in [-0.15, -0.1) is 0 Å². The molecule has 0 bridgehead atoms. The van der Waals surface area contributed by atoms with Crippen LogP contribution < -0.4 is 0 Å². The molecule has 0 amide bonds. The molecular weight excluding hydrogens is 384 g/mol. The number of hydrogen-bond donors (Lipinski definition) is 2. The van der Waals surface area contributed by atoms with Crippen molar-refractivity contribution < 1.29 is 29.3 Å². The zero-order valence-electron chi connectivity index (χ0n) is 18.2. The molecule has 164 valence electrons. The fraction of sp³-hybridized carbons (Fsp3) is 0.708. The van der Waals surface area contributed by atoms with Crippen molar-refractivity contribution in [3.63, 3.8) is 0 Å². The second-order valence-corrected chi connectivity index (χ2v) is 10.3. The maximum atomic E-state index is 12.8. The first-order valence-electron chi connectivity index (χ1n) is 11.0. The van der Waals surface area contributed by atoms with E-state index in [1.165, 1.54) is 6.92 Å². The third-order valence-corrected chi connectivity index (χ3v) is 8.94. The second-order valence-electron chi connectivity index (χ2n) is 10.3. The highest BCUT2D eigenvalue weighted by molar-refractivity contribution is 6.01. The predicted octanol–water partition coefficient (Wildman–Crippen LogP) is 2.37. The minimum atomic E-state index is -1.65. The van der Waals surface area contributed by atoms with Crippen molar-refractivity contribution in [2.75, 3.05) is 6.61 Å². The molecule has 4 rings (SSSR count). The summed E-state index contributed by atoms with van der Waals surface area (Å²) in [5, 5.41) is 21.2. The number of esters is 1. The van der Waals surface area contributed by atoms with Crippen LogP contribution >= 0.6 is 0 Å². The number of carbonyl (C=O) groups excluding carboxylic acids is 3. The van der Waals surface area contributed by atoms with Gasteiger partial charge in [0.05, 0.1) is 0 Å². The molecule has 8 unspecified atom stereocenters. The Labute approximate surface area is 177 Å². The van der Waals surface area contributed by atoms with Crippen molar-refractivity contribution in [2.45, 2.75) is 65.1 Å². The van der Waals surface area contributed by atoms with Crippen molar-refractivity contribution in [3.8, 4) is 0 Å². The Balaban J connectivity index is 1.83. The van der Waals surface area contributed by atoms with Crippen LogP contribution in [0, 0.1) is 34.5 Å². The summed E-state index contributed by atoms with van der Waals surface area (Å²) in [4.78, 5) is 36.8. The quantitative estimate of drug-likeness (QED) is 0.685. The molecule has 3 saturated carbocycles. The van der Waals surface area contributed by atoms with Crippen LogP contribution in [0.25, 0.3) is 0 Å². The van der Waals surface area contributed by atoms with Gasteiger partial charge in [-0.2, -0.15) is 0 Å². The number of ketones is 2. The van der Waals surface area contributed by atoms with Crippen molar-refractivity contribution in [3.05, 3.63) is 23.8 Å². The average molecular weight is 417 g/mol. The second kappa shape index (κ2) is 6.86. The summed E-state index contributed by atoms with van der Waals surface area (Å²) in [7, 11) is 0. The first kappa shape index (κ1) is 21.4. The van der Waals surface area contributed by atoms with Crippen LogP contribution in [0.2, 0.25) is 0 Å². The van der Waals surface area contributed by atoms with Crippen molar-refractivity contribution in [1.82, 2.24) is 0 Å². The Kier molecular flexibility index (Phi) is 4.90. The van der Waals surface area contributed by atoms with E-state index in [1.807, 2.05) is 19.9 Å². The maximum absolute atomic E-state index is 12.8. The van der Waals surface area contributed by atoms with Gasteiger partial charge < -0.3 is 14.9 Å². The number of hydrogen-bond acceptors (Lipinski definition) is 6. The first-order chi connectivity index (χ1) is 14.0. The van der Waals surface area contributed by atoms with Crippen LogP contribution in [0.3, 0.4) is 0 Å². The summed E-state index contributed by atoms with van der Waals surface area (Å²) in [6.45, 7) is 6.59. The van der Waals surface area contributed by atoms with Crippen LogP contribution in [0.15, 0.2) is 23.8 Å². The zero-order valence-corrected chi connectivity index (χ0v) is 18.2. The Bertz CT molecular complexity index is 858. The smallest absolute Gasteiger partial charge is 0.302 e. The van der Waals surface area contributed by atoms with Crippen LogP contribution in [-0.2, 0) is 19.1 Å². The lowest BCUT2D eigenvalue weighted by Crippen LogP contribution is -2.63. The van der Waals surface area contributed by atoms with Crippen molar-refractivity contribution in [1.29, 1.82) is 0 Å². The monoisotopic (exact) mass is 416 g/mol. The lowest BCUT2D eigenvalue weighted by molar-refractivity contribution is -0.194. The summed E-state index contributed by atoms with van der Waals surface area (Å²) < 4.78 is 5.85. The van der Waals surface area contributed by atoms with E-state index in [0.29, 0.717) is 12.8 Å². The molecular formula is C24H32O6. The maximum Gasteiger partial charge on any atom is 0.302 e. The van der Waals surface area contributed by atoms with Gasteiger partial charge in [0.1, 0.15) is 18.3 Å². The molecule has 3 fully saturated rings. The van der Waals surface area contributed by atoms with Crippen LogP contribution in [0.1, 0.15) is 53.4 Å². The van der Waals surface area contributed by atoms with E-state index < -0.39 is 34.9 Å². The largest absolute Gasteiger partial charge is 0.462 e. The normalized spacial score (nSPS) is 47.1. The third-order valence-electron chi connectivity index (χ3n) is 8.94. The van der Waals surface area contributed by atoms with Gasteiger partial charge in [0.2, 0.25) is 0 Å². The van der Waals surface area contributed by atoms with Gasteiger partial charge in [-0.05, 0) is 55.6 Å². The van der Waals surface area contributed by atoms with Gasteiger partial charge in [-0.1, -0.05) is 32.4 Å². The molecule has 0 aromatic rings. The molecule has 0 aliphatic heterocycles. The Hall–Kier alpha value is -1.79. The average Bonchev–Trinajstić information content (AvgIpc) is 2.88. The van der Waals surface area contributed by atoms with Crippen LogP contribution in [-0.4, -0.2) is 46.1 Å². The van der Waals surface area contributed by atoms with Gasteiger partial charge in [-0.25, -0.2) is 0 Å². The number of carbonyl (C=O) groups is 3. The molecule has 8 atom stereocenters. The molecule has 0 radical (unpaired) electrons. The van der Waals surface area contributed by atoms with E-state index in [0.717, 1.165) is 18.4 Å². The number of aliphatic hydroxyl groups is 2. The van der Waals surface area contributed by atoms with E-state index >= 15 is 0 Å². The first-order valence-corrected chi connectivity index (χ1v) is 11.0. The molecule has 0 spiro atoms. The number of rotatable bonds is 3.